The van der Waals surface area contributed by atoms with E-state index >= 15 is 0 Å². The van der Waals surface area contributed by atoms with Gasteiger partial charge in [-0.25, -0.2) is 0 Å². The van der Waals surface area contributed by atoms with Gasteiger partial charge in [0.05, 0.1) is 4.58 Å². The third-order valence-corrected chi connectivity index (χ3v) is 6.34. The van der Waals surface area contributed by atoms with E-state index in [4.69, 9.17) is 0 Å². The standard InChI is InChI=1S/C16H14S3/c17-10-15-11-18-16(19-15)14-8-6-13(7-9-14)12-4-2-1-3-5-12/h1-9,11,16-17H,10H2. The van der Waals surface area contributed by atoms with E-state index in [-0.39, 0.29) is 0 Å². The Morgan fingerprint density at radius 3 is 2.21 bits per heavy atom. The van der Waals surface area contributed by atoms with Crippen LogP contribution in [-0.2, 0) is 0 Å². The van der Waals surface area contributed by atoms with Gasteiger partial charge < -0.3 is 0 Å². The molecule has 0 spiro atoms. The molecule has 1 atom stereocenters. The van der Waals surface area contributed by atoms with Crippen molar-refractivity contribution >= 4 is 36.2 Å². The van der Waals surface area contributed by atoms with Gasteiger partial charge in [-0.15, -0.1) is 23.5 Å². The zero-order valence-corrected chi connectivity index (χ0v) is 12.8. The highest BCUT2D eigenvalue weighted by Crippen LogP contribution is 2.50. The lowest BCUT2D eigenvalue weighted by Gasteiger charge is -2.10. The Morgan fingerprint density at radius 2 is 1.58 bits per heavy atom. The fourth-order valence-electron chi connectivity index (χ4n) is 2.02. The summed E-state index contributed by atoms with van der Waals surface area (Å²) in [5, 5.41) is 2.23. The van der Waals surface area contributed by atoms with E-state index in [2.05, 4.69) is 66.6 Å². The number of hydrogen-bond acceptors (Lipinski definition) is 3. The van der Waals surface area contributed by atoms with Crippen LogP contribution >= 0.6 is 36.2 Å². The molecule has 1 aliphatic rings. The van der Waals surface area contributed by atoms with E-state index in [0.717, 1.165) is 5.75 Å². The summed E-state index contributed by atoms with van der Waals surface area (Å²) in [6.07, 6.45) is 0. The maximum absolute atomic E-state index is 4.33. The Hall–Kier alpha value is -0.770. The van der Waals surface area contributed by atoms with Crippen molar-refractivity contribution < 1.29 is 0 Å². The van der Waals surface area contributed by atoms with Crippen LogP contribution in [0.3, 0.4) is 0 Å². The third kappa shape index (κ3) is 3.04. The number of hydrogen-bond donors (Lipinski definition) is 1. The Kier molecular flexibility index (Phi) is 4.26. The Balaban J connectivity index is 1.77. The summed E-state index contributed by atoms with van der Waals surface area (Å²) in [5.41, 5.74) is 3.93. The Morgan fingerprint density at radius 1 is 0.895 bits per heavy atom. The van der Waals surface area contributed by atoms with Gasteiger partial charge in [0.25, 0.3) is 0 Å². The summed E-state index contributed by atoms with van der Waals surface area (Å²) >= 11 is 8.13. The minimum Gasteiger partial charge on any atom is -0.174 e. The SMILES string of the molecule is SCC1=CSC(c2ccc(-c3ccccc3)cc2)S1. The van der Waals surface area contributed by atoms with Gasteiger partial charge in [0.15, 0.2) is 0 Å². The lowest BCUT2D eigenvalue weighted by atomic mass is 10.0. The van der Waals surface area contributed by atoms with Crippen molar-refractivity contribution in [1.82, 2.24) is 0 Å². The number of benzene rings is 2. The summed E-state index contributed by atoms with van der Waals surface area (Å²) in [6.45, 7) is 0. The second-order valence-electron chi connectivity index (χ2n) is 4.32. The molecule has 0 N–H and O–H groups in total. The largest absolute Gasteiger partial charge is 0.174 e. The van der Waals surface area contributed by atoms with E-state index in [1.807, 2.05) is 29.6 Å². The van der Waals surface area contributed by atoms with Crippen molar-refractivity contribution in [1.29, 1.82) is 0 Å². The van der Waals surface area contributed by atoms with Crippen LogP contribution < -0.4 is 0 Å². The summed E-state index contributed by atoms with van der Waals surface area (Å²) in [4.78, 5) is 1.37. The van der Waals surface area contributed by atoms with E-state index < -0.39 is 0 Å². The van der Waals surface area contributed by atoms with Gasteiger partial charge >= 0.3 is 0 Å². The minimum atomic E-state index is 0.493. The van der Waals surface area contributed by atoms with Gasteiger partial charge in [-0.3, -0.25) is 0 Å². The molecule has 0 fully saturated rings. The molecule has 96 valence electrons. The minimum absolute atomic E-state index is 0.493. The average molecular weight is 302 g/mol. The maximum atomic E-state index is 4.33. The average Bonchev–Trinajstić information content (AvgIpc) is 2.97. The van der Waals surface area contributed by atoms with Crippen molar-refractivity contribution in [3.63, 3.8) is 0 Å². The van der Waals surface area contributed by atoms with Crippen molar-refractivity contribution in [3.8, 4) is 11.1 Å². The summed E-state index contributed by atoms with van der Waals surface area (Å²) in [6, 6.07) is 19.4. The molecule has 0 saturated heterocycles. The van der Waals surface area contributed by atoms with Crippen LogP contribution in [0.25, 0.3) is 11.1 Å². The molecular formula is C16H14S3. The molecule has 0 saturated carbocycles. The monoisotopic (exact) mass is 302 g/mol. The van der Waals surface area contributed by atoms with Crippen LogP contribution in [0.5, 0.6) is 0 Å². The quantitative estimate of drug-likeness (QED) is 0.732. The lowest BCUT2D eigenvalue weighted by Crippen LogP contribution is -1.86. The first-order valence-corrected chi connectivity index (χ1v) is 8.60. The Labute approximate surface area is 128 Å². The molecule has 3 heteroatoms. The third-order valence-electron chi connectivity index (χ3n) is 3.03. The van der Waals surface area contributed by atoms with Gasteiger partial charge in [-0.1, -0.05) is 54.6 Å². The highest BCUT2D eigenvalue weighted by atomic mass is 32.2. The second-order valence-corrected chi connectivity index (χ2v) is 7.14. The molecule has 2 aromatic rings. The fraction of sp³-hybridized carbons (Fsp3) is 0.125. The Bertz CT molecular complexity index is 573. The number of rotatable bonds is 3. The van der Waals surface area contributed by atoms with Gasteiger partial charge in [0.2, 0.25) is 0 Å². The topological polar surface area (TPSA) is 0 Å². The van der Waals surface area contributed by atoms with Crippen LogP contribution in [-0.4, -0.2) is 5.75 Å². The molecule has 3 rings (SSSR count). The fourth-order valence-corrected chi connectivity index (χ4v) is 4.92. The molecule has 0 radical (unpaired) electrons. The van der Waals surface area contributed by atoms with Crippen LogP contribution in [0.2, 0.25) is 0 Å². The lowest BCUT2D eigenvalue weighted by molar-refractivity contribution is 1.39. The van der Waals surface area contributed by atoms with Crippen molar-refractivity contribution in [2.24, 2.45) is 0 Å². The first-order valence-electron chi connectivity index (χ1n) is 6.14. The molecule has 1 aliphatic heterocycles. The highest BCUT2D eigenvalue weighted by molar-refractivity contribution is 8.22. The molecule has 0 nitrogen and oxygen atoms in total. The van der Waals surface area contributed by atoms with Crippen molar-refractivity contribution in [2.75, 3.05) is 5.75 Å². The molecule has 1 heterocycles. The molecule has 1 unspecified atom stereocenters. The second kappa shape index (κ2) is 6.12. The van der Waals surface area contributed by atoms with Gasteiger partial charge in [-0.2, -0.15) is 12.6 Å². The molecule has 2 aromatic carbocycles. The van der Waals surface area contributed by atoms with E-state index in [1.54, 1.807) is 0 Å². The summed E-state index contributed by atoms with van der Waals surface area (Å²) in [7, 11) is 0. The summed E-state index contributed by atoms with van der Waals surface area (Å²) < 4.78 is 0.493. The van der Waals surface area contributed by atoms with Crippen LogP contribution in [0.4, 0.5) is 0 Å². The van der Waals surface area contributed by atoms with E-state index in [1.165, 1.54) is 21.6 Å². The van der Waals surface area contributed by atoms with Crippen LogP contribution in [0.15, 0.2) is 64.9 Å². The van der Waals surface area contributed by atoms with E-state index in [9.17, 15) is 0 Å². The van der Waals surface area contributed by atoms with Crippen LogP contribution in [0, 0.1) is 0 Å². The number of thiol groups is 1. The van der Waals surface area contributed by atoms with Crippen molar-refractivity contribution in [3.05, 3.63) is 70.5 Å². The zero-order valence-electron chi connectivity index (χ0n) is 10.3. The molecule has 0 amide bonds. The first-order chi connectivity index (χ1) is 9.36. The predicted molar refractivity (Wildman–Crippen MR) is 91.7 cm³/mol. The first kappa shape index (κ1) is 13.2. The predicted octanol–water partition coefficient (Wildman–Crippen LogP) is 5.60. The maximum Gasteiger partial charge on any atom is 0.0837 e. The normalized spacial score (nSPS) is 18.4. The summed E-state index contributed by atoms with van der Waals surface area (Å²) in [5.74, 6) is 0.844. The molecule has 19 heavy (non-hydrogen) atoms. The molecule has 0 bridgehead atoms. The molecule has 0 aliphatic carbocycles. The smallest absolute Gasteiger partial charge is 0.0837 e. The zero-order chi connectivity index (χ0) is 13.1. The molecule has 0 aromatic heterocycles. The van der Waals surface area contributed by atoms with E-state index in [0.29, 0.717) is 4.58 Å². The van der Waals surface area contributed by atoms with Gasteiger partial charge in [-0.05, 0) is 22.1 Å². The van der Waals surface area contributed by atoms with Crippen LogP contribution in [0.1, 0.15) is 10.1 Å². The number of thioether (sulfide) groups is 2. The van der Waals surface area contributed by atoms with Gasteiger partial charge in [0.1, 0.15) is 0 Å². The molecular weight excluding hydrogens is 288 g/mol. The highest BCUT2D eigenvalue weighted by Gasteiger charge is 2.19. The van der Waals surface area contributed by atoms with Gasteiger partial charge in [0, 0.05) is 10.7 Å². The van der Waals surface area contributed by atoms with Crippen molar-refractivity contribution in [2.45, 2.75) is 4.58 Å².